The van der Waals surface area contributed by atoms with E-state index in [2.05, 4.69) is 24.3 Å². The Balaban J connectivity index is 1.59. The Morgan fingerprint density at radius 3 is 2.66 bits per heavy atom. The highest BCUT2D eigenvalue weighted by Crippen LogP contribution is 2.23. The number of benzene rings is 2. The molecular weight excluding hydrogens is 363 g/mol. The molecule has 2 aromatic rings. The second-order valence-electron chi connectivity index (χ2n) is 8.05. The number of fused-ring (bicyclic) bond motifs is 1. The Morgan fingerprint density at radius 2 is 1.93 bits per heavy atom. The van der Waals surface area contributed by atoms with Crippen LogP contribution in [0.4, 0.5) is 10.5 Å². The first-order chi connectivity index (χ1) is 14.1. The first kappa shape index (κ1) is 19.8. The second kappa shape index (κ2) is 8.91. The van der Waals surface area contributed by atoms with Gasteiger partial charge in [-0.2, -0.15) is 0 Å². The van der Waals surface area contributed by atoms with Crippen molar-refractivity contribution < 1.29 is 14.2 Å². The Labute approximate surface area is 173 Å². The monoisotopic (exact) mass is 392 g/mol. The van der Waals surface area contributed by atoms with Crippen LogP contribution in [0.1, 0.15) is 43.2 Å². The van der Waals surface area contributed by atoms with Crippen LogP contribution in [0, 0.1) is 0 Å². The van der Waals surface area contributed by atoms with Gasteiger partial charge in [0.2, 0.25) is 0 Å². The minimum Gasteiger partial charge on any atom is -0.497 e. The number of rotatable bonds is 5. The number of amides is 2. The molecule has 1 aliphatic carbocycles. The molecule has 2 aliphatic rings. The third-order valence-corrected chi connectivity index (χ3v) is 6.05. The number of hydrogen-bond acceptors (Lipinski definition) is 3. The normalized spacial score (nSPS) is 16.4. The topological polar surface area (TPSA) is 50.8 Å². The minimum absolute atomic E-state index is 0.0285. The van der Waals surface area contributed by atoms with Gasteiger partial charge in [-0.25, -0.2) is 4.79 Å². The van der Waals surface area contributed by atoms with Crippen molar-refractivity contribution in [2.45, 2.75) is 58.1 Å². The molecule has 152 valence electrons. The summed E-state index contributed by atoms with van der Waals surface area (Å²) in [4.78, 5) is 15.1. The lowest BCUT2D eigenvalue weighted by atomic mass is 9.64. The highest BCUT2D eigenvalue weighted by molar-refractivity contribution is 6.67. The smallest absolute Gasteiger partial charge is 0.324 e. The Bertz CT molecular complexity index is 850. The maximum atomic E-state index is 13.3. The van der Waals surface area contributed by atoms with Gasteiger partial charge in [-0.3, -0.25) is 4.90 Å². The molecule has 1 N–H and O–H groups in total. The van der Waals surface area contributed by atoms with Crippen molar-refractivity contribution in [3.8, 4) is 5.75 Å². The van der Waals surface area contributed by atoms with Crippen molar-refractivity contribution in [3.05, 3.63) is 53.6 Å². The van der Waals surface area contributed by atoms with Crippen molar-refractivity contribution in [2.24, 2.45) is 0 Å². The summed E-state index contributed by atoms with van der Waals surface area (Å²) in [7, 11) is 1.66. The van der Waals surface area contributed by atoms with E-state index < -0.39 is 0 Å². The van der Waals surface area contributed by atoms with Crippen LogP contribution in [-0.4, -0.2) is 26.1 Å². The van der Waals surface area contributed by atoms with Gasteiger partial charge in [0, 0.05) is 11.7 Å². The van der Waals surface area contributed by atoms with Gasteiger partial charge >= 0.3 is 12.9 Å². The van der Waals surface area contributed by atoms with E-state index in [9.17, 15) is 4.79 Å². The number of nitrogens with one attached hydrogen (secondary N) is 1. The first-order valence-electron chi connectivity index (χ1n) is 10.6. The van der Waals surface area contributed by atoms with Gasteiger partial charge in [-0.05, 0) is 53.7 Å². The fourth-order valence-corrected chi connectivity index (χ4v) is 4.26. The first-order valence-corrected chi connectivity index (χ1v) is 10.6. The van der Waals surface area contributed by atoms with Crippen molar-refractivity contribution >= 4 is 24.1 Å². The molecule has 29 heavy (non-hydrogen) atoms. The van der Waals surface area contributed by atoms with Crippen LogP contribution in [-0.2, 0) is 17.8 Å². The lowest BCUT2D eigenvalue weighted by Gasteiger charge is -2.29. The number of carbonyl (C=O) groups is 1. The molecule has 0 saturated heterocycles. The van der Waals surface area contributed by atoms with E-state index in [1.54, 1.807) is 7.11 Å². The van der Waals surface area contributed by atoms with Crippen LogP contribution in [0.25, 0.3) is 0 Å². The molecule has 5 nitrogen and oxygen atoms in total. The Morgan fingerprint density at radius 1 is 1.17 bits per heavy atom. The maximum Gasteiger partial charge on any atom is 0.324 e. The zero-order chi connectivity index (χ0) is 20.2. The van der Waals surface area contributed by atoms with Crippen LogP contribution in [0.5, 0.6) is 5.75 Å². The molecule has 6 heteroatoms. The average Bonchev–Trinajstić information content (AvgIpc) is 3.13. The van der Waals surface area contributed by atoms with E-state index in [0.717, 1.165) is 29.8 Å². The summed E-state index contributed by atoms with van der Waals surface area (Å²) in [5.41, 5.74) is 4.35. The van der Waals surface area contributed by atoms with Gasteiger partial charge in [0.05, 0.1) is 20.3 Å². The predicted octanol–water partition coefficient (Wildman–Crippen LogP) is 4.10. The lowest BCUT2D eigenvalue weighted by Crippen LogP contribution is -2.45. The molecule has 0 aromatic heterocycles. The highest BCUT2D eigenvalue weighted by atomic mass is 16.5. The SMILES string of the molecule is COc1ccc(CN(C(=O)NC2CCCCC2)c2ccc3c(c2)B(C)OC3)cc1. The molecule has 0 radical (unpaired) electrons. The van der Waals surface area contributed by atoms with Gasteiger partial charge in [0.15, 0.2) is 0 Å². The molecule has 0 atom stereocenters. The molecule has 0 bridgehead atoms. The highest BCUT2D eigenvalue weighted by Gasteiger charge is 2.26. The zero-order valence-electron chi connectivity index (χ0n) is 17.3. The van der Waals surface area contributed by atoms with Gasteiger partial charge in [-0.1, -0.05) is 44.3 Å². The summed E-state index contributed by atoms with van der Waals surface area (Å²) >= 11 is 0. The molecule has 1 aliphatic heterocycles. The summed E-state index contributed by atoms with van der Waals surface area (Å²) in [6.45, 7) is 3.28. The van der Waals surface area contributed by atoms with Gasteiger partial charge in [0.25, 0.3) is 0 Å². The minimum atomic E-state index is -0.0285. The molecule has 1 fully saturated rings. The molecule has 1 saturated carbocycles. The van der Waals surface area contributed by atoms with E-state index in [1.165, 1.54) is 30.3 Å². The third-order valence-electron chi connectivity index (χ3n) is 6.05. The molecular formula is C23H29BN2O3. The van der Waals surface area contributed by atoms with Crippen molar-refractivity contribution in [3.63, 3.8) is 0 Å². The molecule has 2 aromatic carbocycles. The average molecular weight is 392 g/mol. The van der Waals surface area contributed by atoms with E-state index in [4.69, 9.17) is 9.39 Å². The summed E-state index contributed by atoms with van der Waals surface area (Å²) < 4.78 is 11.0. The lowest BCUT2D eigenvalue weighted by molar-refractivity contribution is 0.238. The summed E-state index contributed by atoms with van der Waals surface area (Å²) in [5.74, 6) is 0.815. The van der Waals surface area contributed by atoms with E-state index in [1.807, 2.05) is 35.2 Å². The predicted molar refractivity (Wildman–Crippen MR) is 117 cm³/mol. The number of carbonyl (C=O) groups excluding carboxylic acids is 1. The van der Waals surface area contributed by atoms with Gasteiger partial charge < -0.3 is 14.7 Å². The Hall–Kier alpha value is -2.47. The van der Waals surface area contributed by atoms with Crippen LogP contribution >= 0.6 is 0 Å². The standard InChI is InChI=1S/C23H29BN2O3/c1-24-22-14-20(11-10-18(22)16-29-24)26(15-17-8-12-21(28-2)13-9-17)23(27)25-19-6-4-3-5-7-19/h8-14,19H,3-7,15-16H2,1-2H3,(H,25,27). The maximum absolute atomic E-state index is 13.3. The zero-order valence-corrected chi connectivity index (χ0v) is 17.3. The number of ether oxygens (including phenoxy) is 1. The summed E-state index contributed by atoms with van der Waals surface area (Å²) in [5, 5.41) is 3.27. The van der Waals surface area contributed by atoms with E-state index in [-0.39, 0.29) is 19.0 Å². The van der Waals surface area contributed by atoms with Gasteiger partial charge in [0.1, 0.15) is 5.75 Å². The second-order valence-corrected chi connectivity index (χ2v) is 8.05. The number of urea groups is 1. The number of nitrogens with zero attached hydrogens (tertiary/aromatic N) is 1. The summed E-state index contributed by atoms with van der Waals surface area (Å²) in [6.07, 6.45) is 5.78. The summed E-state index contributed by atoms with van der Waals surface area (Å²) in [6, 6.07) is 14.4. The van der Waals surface area contributed by atoms with E-state index in [0.29, 0.717) is 13.2 Å². The van der Waals surface area contributed by atoms with E-state index >= 15 is 0 Å². The van der Waals surface area contributed by atoms with Crippen LogP contribution in [0.2, 0.25) is 6.82 Å². The quantitative estimate of drug-likeness (QED) is 0.780. The fraction of sp³-hybridized carbons (Fsp3) is 0.435. The van der Waals surface area contributed by atoms with Crippen molar-refractivity contribution in [1.82, 2.24) is 5.32 Å². The molecule has 0 unspecified atom stereocenters. The third kappa shape index (κ3) is 4.59. The molecule has 4 rings (SSSR count). The van der Waals surface area contributed by atoms with Crippen LogP contribution < -0.4 is 20.4 Å². The van der Waals surface area contributed by atoms with Crippen molar-refractivity contribution in [1.29, 1.82) is 0 Å². The number of hydrogen-bond donors (Lipinski definition) is 1. The fourth-order valence-electron chi connectivity index (χ4n) is 4.26. The molecule has 0 spiro atoms. The Kier molecular flexibility index (Phi) is 6.09. The molecule has 1 heterocycles. The van der Waals surface area contributed by atoms with Gasteiger partial charge in [-0.15, -0.1) is 0 Å². The molecule has 2 amide bonds. The van der Waals surface area contributed by atoms with Crippen LogP contribution in [0.15, 0.2) is 42.5 Å². The number of methoxy groups -OCH3 is 1. The van der Waals surface area contributed by atoms with Crippen molar-refractivity contribution in [2.75, 3.05) is 12.0 Å². The number of anilines is 1. The largest absolute Gasteiger partial charge is 0.497 e. The van der Waals surface area contributed by atoms with Crippen LogP contribution in [0.3, 0.4) is 0 Å².